The molecule has 3 atom stereocenters. The average molecular weight is 443 g/mol. The quantitative estimate of drug-likeness (QED) is 0.732. The van der Waals surface area contributed by atoms with Crippen LogP contribution in [0.4, 0.5) is 0 Å². The first-order valence-electron chi connectivity index (χ1n) is 10.9. The second-order valence-corrected chi connectivity index (χ2v) is 9.08. The number of amides is 2. The molecule has 0 spiro atoms. The van der Waals surface area contributed by atoms with Crippen LogP contribution in [-0.2, 0) is 10.2 Å². The second-order valence-electron chi connectivity index (χ2n) is 9.08. The highest BCUT2D eigenvalue weighted by Crippen LogP contribution is 2.50. The van der Waals surface area contributed by atoms with E-state index in [1.165, 1.54) is 0 Å². The van der Waals surface area contributed by atoms with Crippen molar-refractivity contribution < 1.29 is 23.6 Å². The molecular weight excluding hydrogens is 412 g/mol. The molecule has 2 amide bonds. The summed E-state index contributed by atoms with van der Waals surface area (Å²) in [7, 11) is 3.10. The Bertz CT molecular complexity index is 997. The molecule has 2 aliphatic rings. The Balaban J connectivity index is 1.55. The van der Waals surface area contributed by atoms with E-state index in [1.807, 2.05) is 18.7 Å². The lowest BCUT2D eigenvalue weighted by atomic mass is 9.80. The predicted molar refractivity (Wildman–Crippen MR) is 116 cm³/mol. The number of likely N-dealkylation sites (tertiary alicyclic amines) is 1. The molecule has 1 aromatic carbocycles. The fourth-order valence-electron chi connectivity index (χ4n) is 5.05. The minimum atomic E-state index is -0.449. The first kappa shape index (κ1) is 22.1. The molecule has 0 bridgehead atoms. The number of ether oxygens (including phenoxy) is 2. The number of aromatic nitrogens is 2. The van der Waals surface area contributed by atoms with Gasteiger partial charge in [0.1, 0.15) is 11.5 Å². The van der Waals surface area contributed by atoms with Gasteiger partial charge in [-0.05, 0) is 37.8 Å². The number of nitrogens with zero attached hydrogens (tertiary/aromatic N) is 3. The minimum Gasteiger partial charge on any atom is -0.497 e. The van der Waals surface area contributed by atoms with Crippen molar-refractivity contribution in [2.24, 2.45) is 11.8 Å². The van der Waals surface area contributed by atoms with Crippen LogP contribution in [0.1, 0.15) is 48.8 Å². The van der Waals surface area contributed by atoms with Gasteiger partial charge in [-0.15, -0.1) is 0 Å². The lowest BCUT2D eigenvalue weighted by Crippen LogP contribution is -2.40. The van der Waals surface area contributed by atoms with E-state index in [4.69, 9.17) is 14.0 Å². The van der Waals surface area contributed by atoms with E-state index in [1.54, 1.807) is 39.3 Å². The molecule has 1 saturated heterocycles. The summed E-state index contributed by atoms with van der Waals surface area (Å²) in [5, 5.41) is 7.14. The SMILES string of the molecule is COc1cc(OC)cc(C(=O)N[C@@H]2CC3CN(C(=O)C(C)C)C[C@@]3(c3nc(C)no3)C2)c1. The van der Waals surface area contributed by atoms with Gasteiger partial charge in [-0.3, -0.25) is 9.59 Å². The third-order valence-electron chi connectivity index (χ3n) is 6.58. The predicted octanol–water partition coefficient (Wildman–Crippen LogP) is 2.34. The Morgan fingerprint density at radius 1 is 1.22 bits per heavy atom. The standard InChI is InChI=1S/C23H30N4O5/c1-13(2)21(29)27-11-16-8-17(10-23(16,12-27)22-24-14(3)26-32-22)25-20(28)15-6-18(30-4)9-19(7-15)31-5/h6-7,9,13,16-17H,8,10-12H2,1-5H3,(H,25,28)/t16?,17-,23+/m1/s1. The minimum absolute atomic E-state index is 0.0751. The molecule has 2 heterocycles. The van der Waals surface area contributed by atoms with Crippen LogP contribution in [-0.4, -0.2) is 60.2 Å². The zero-order valence-corrected chi connectivity index (χ0v) is 19.2. The molecular formula is C23H30N4O5. The Kier molecular flexibility index (Phi) is 5.83. The van der Waals surface area contributed by atoms with Crippen molar-refractivity contribution in [1.82, 2.24) is 20.4 Å². The van der Waals surface area contributed by atoms with Gasteiger partial charge in [0.15, 0.2) is 5.82 Å². The van der Waals surface area contributed by atoms with Crippen molar-refractivity contribution in [2.45, 2.75) is 45.1 Å². The Morgan fingerprint density at radius 3 is 2.47 bits per heavy atom. The molecule has 2 fully saturated rings. The molecule has 1 aliphatic carbocycles. The highest BCUT2D eigenvalue weighted by molar-refractivity contribution is 5.95. The van der Waals surface area contributed by atoms with Crippen LogP contribution in [0.25, 0.3) is 0 Å². The molecule has 9 nitrogen and oxygen atoms in total. The third kappa shape index (κ3) is 3.91. The number of methoxy groups -OCH3 is 2. The maximum atomic E-state index is 13.0. The van der Waals surface area contributed by atoms with E-state index in [0.29, 0.717) is 48.3 Å². The summed E-state index contributed by atoms with van der Waals surface area (Å²) in [5.74, 6) is 2.22. The number of aryl methyl sites for hydroxylation is 1. The van der Waals surface area contributed by atoms with Crippen LogP contribution in [0.5, 0.6) is 11.5 Å². The molecule has 1 N–H and O–H groups in total. The lowest BCUT2D eigenvalue weighted by molar-refractivity contribution is -0.133. The van der Waals surface area contributed by atoms with Crippen LogP contribution in [0.15, 0.2) is 22.7 Å². The first-order valence-corrected chi connectivity index (χ1v) is 10.9. The Hall–Kier alpha value is -3.10. The number of benzene rings is 1. The summed E-state index contributed by atoms with van der Waals surface area (Å²) >= 11 is 0. The van der Waals surface area contributed by atoms with E-state index in [2.05, 4.69) is 15.5 Å². The summed E-state index contributed by atoms with van der Waals surface area (Å²) in [6, 6.07) is 5.03. The van der Waals surface area contributed by atoms with Gasteiger partial charge in [0.05, 0.1) is 19.6 Å². The summed E-state index contributed by atoms with van der Waals surface area (Å²) in [4.78, 5) is 32.1. The molecule has 9 heteroatoms. The fourth-order valence-corrected chi connectivity index (χ4v) is 5.05. The molecule has 1 aromatic heterocycles. The molecule has 4 rings (SSSR count). The van der Waals surface area contributed by atoms with Crippen molar-refractivity contribution in [2.75, 3.05) is 27.3 Å². The number of fused-ring (bicyclic) bond motifs is 1. The number of rotatable bonds is 6. The van der Waals surface area contributed by atoms with Gasteiger partial charge in [0, 0.05) is 36.7 Å². The lowest BCUT2D eigenvalue weighted by Gasteiger charge is -2.26. The number of hydrogen-bond acceptors (Lipinski definition) is 7. The van der Waals surface area contributed by atoms with Crippen molar-refractivity contribution >= 4 is 11.8 Å². The number of carbonyl (C=O) groups is 2. The summed E-state index contributed by atoms with van der Waals surface area (Å²) in [5.41, 5.74) is 0.0214. The van der Waals surface area contributed by atoms with Gasteiger partial charge in [-0.2, -0.15) is 4.98 Å². The second kappa shape index (κ2) is 8.44. The van der Waals surface area contributed by atoms with E-state index in [9.17, 15) is 9.59 Å². The van der Waals surface area contributed by atoms with Gasteiger partial charge < -0.3 is 24.2 Å². The maximum Gasteiger partial charge on any atom is 0.251 e. The van der Waals surface area contributed by atoms with Crippen molar-refractivity contribution in [3.8, 4) is 11.5 Å². The normalized spacial score (nSPS) is 24.5. The van der Waals surface area contributed by atoms with E-state index >= 15 is 0 Å². The van der Waals surface area contributed by atoms with Gasteiger partial charge in [0.25, 0.3) is 5.91 Å². The van der Waals surface area contributed by atoms with Crippen LogP contribution < -0.4 is 14.8 Å². The smallest absolute Gasteiger partial charge is 0.251 e. The highest BCUT2D eigenvalue weighted by Gasteiger charge is 2.58. The summed E-state index contributed by atoms with van der Waals surface area (Å²) in [6.07, 6.45) is 1.37. The number of nitrogens with one attached hydrogen (secondary N) is 1. The zero-order chi connectivity index (χ0) is 23.0. The third-order valence-corrected chi connectivity index (χ3v) is 6.58. The van der Waals surface area contributed by atoms with Crippen LogP contribution in [0.2, 0.25) is 0 Å². The Morgan fingerprint density at radius 2 is 1.91 bits per heavy atom. The maximum absolute atomic E-state index is 13.0. The monoisotopic (exact) mass is 442 g/mol. The van der Waals surface area contributed by atoms with Crippen molar-refractivity contribution in [3.63, 3.8) is 0 Å². The molecule has 1 aliphatic heterocycles. The average Bonchev–Trinajstić information content (AvgIpc) is 3.45. The topological polar surface area (TPSA) is 107 Å². The molecule has 1 saturated carbocycles. The first-order chi connectivity index (χ1) is 15.3. The molecule has 1 unspecified atom stereocenters. The van der Waals surface area contributed by atoms with E-state index < -0.39 is 5.41 Å². The molecule has 172 valence electrons. The molecule has 0 radical (unpaired) electrons. The summed E-state index contributed by atoms with van der Waals surface area (Å²) in [6.45, 7) is 6.75. The molecule has 32 heavy (non-hydrogen) atoms. The van der Waals surface area contributed by atoms with E-state index in [0.717, 1.165) is 6.42 Å². The van der Waals surface area contributed by atoms with Gasteiger partial charge in [-0.1, -0.05) is 19.0 Å². The van der Waals surface area contributed by atoms with Crippen LogP contribution in [0.3, 0.4) is 0 Å². The van der Waals surface area contributed by atoms with Gasteiger partial charge in [0.2, 0.25) is 11.8 Å². The highest BCUT2D eigenvalue weighted by atomic mass is 16.5. The summed E-state index contributed by atoms with van der Waals surface area (Å²) < 4.78 is 16.2. The van der Waals surface area contributed by atoms with Gasteiger partial charge in [-0.25, -0.2) is 0 Å². The largest absolute Gasteiger partial charge is 0.497 e. The van der Waals surface area contributed by atoms with Crippen molar-refractivity contribution in [3.05, 3.63) is 35.5 Å². The van der Waals surface area contributed by atoms with Gasteiger partial charge >= 0.3 is 0 Å². The van der Waals surface area contributed by atoms with Crippen molar-refractivity contribution in [1.29, 1.82) is 0 Å². The van der Waals surface area contributed by atoms with E-state index in [-0.39, 0.29) is 29.7 Å². The Labute approximate surface area is 187 Å². The fraction of sp³-hybridized carbons (Fsp3) is 0.565. The number of hydrogen-bond donors (Lipinski definition) is 1. The van der Waals surface area contributed by atoms with Crippen LogP contribution in [0, 0.1) is 18.8 Å². The molecule has 2 aromatic rings. The number of carbonyl (C=O) groups excluding carboxylic acids is 2. The van der Waals surface area contributed by atoms with Crippen LogP contribution >= 0.6 is 0 Å². The zero-order valence-electron chi connectivity index (χ0n) is 19.2.